The van der Waals surface area contributed by atoms with Gasteiger partial charge in [0.15, 0.2) is 0 Å². The number of carbonyl (C=O) groups is 1. The van der Waals surface area contributed by atoms with Gasteiger partial charge < -0.3 is 15.0 Å². The number of alkyl halides is 2. The van der Waals surface area contributed by atoms with Gasteiger partial charge in [0, 0.05) is 43.9 Å². The Bertz CT molecular complexity index is 900. The van der Waals surface area contributed by atoms with Gasteiger partial charge in [0.05, 0.1) is 11.3 Å². The smallest absolute Gasteiger partial charge is 0.266 e. The van der Waals surface area contributed by atoms with Crippen LogP contribution in [0.5, 0.6) is 0 Å². The van der Waals surface area contributed by atoms with Crippen molar-refractivity contribution in [2.75, 3.05) is 32.0 Å². The third kappa shape index (κ3) is 7.15. The van der Waals surface area contributed by atoms with E-state index in [1.165, 1.54) is 19.1 Å². The van der Waals surface area contributed by atoms with E-state index < -0.39 is 17.8 Å². The minimum atomic E-state index is -2.85. The van der Waals surface area contributed by atoms with Gasteiger partial charge in [-0.3, -0.25) is 4.90 Å². The summed E-state index contributed by atoms with van der Waals surface area (Å²) < 4.78 is 40.1. The molecule has 1 aliphatic heterocycles. The first-order valence-electron chi connectivity index (χ1n) is 10.5. The van der Waals surface area contributed by atoms with Crippen molar-refractivity contribution in [3.63, 3.8) is 0 Å². The van der Waals surface area contributed by atoms with Crippen LogP contribution in [0.3, 0.4) is 0 Å². The lowest BCUT2D eigenvalue weighted by atomic mass is 10.1. The zero-order valence-corrected chi connectivity index (χ0v) is 19.3. The summed E-state index contributed by atoms with van der Waals surface area (Å²) in [5, 5.41) is 3.17. The Hall–Kier alpha value is -2.23. The molecule has 0 aliphatic carbocycles. The van der Waals surface area contributed by atoms with E-state index in [4.69, 9.17) is 16.4 Å². The number of benzene rings is 1. The number of rotatable bonds is 9. The molecule has 0 amide bonds. The van der Waals surface area contributed by atoms with Crippen molar-refractivity contribution < 1.29 is 18.0 Å². The molecule has 1 N–H and O–H groups in total. The van der Waals surface area contributed by atoms with Crippen molar-refractivity contribution in [3.05, 3.63) is 51.7 Å². The summed E-state index contributed by atoms with van der Waals surface area (Å²) in [6.07, 6.45) is -0.998. The Morgan fingerprint density at radius 1 is 1.28 bits per heavy atom. The lowest BCUT2D eigenvalue weighted by Crippen LogP contribution is -2.30. The van der Waals surface area contributed by atoms with Gasteiger partial charge in [0.2, 0.25) is 5.28 Å². The molecule has 3 rings (SSSR count). The monoisotopic (exact) mass is 471 g/mol. The van der Waals surface area contributed by atoms with Crippen LogP contribution in [0.2, 0.25) is 5.28 Å². The largest absolute Gasteiger partial charge is 0.365 e. The van der Waals surface area contributed by atoms with Crippen LogP contribution >= 0.6 is 11.6 Å². The van der Waals surface area contributed by atoms with Crippen LogP contribution in [0.15, 0.2) is 18.2 Å². The van der Waals surface area contributed by atoms with Gasteiger partial charge in [-0.1, -0.05) is 25.1 Å². The highest BCUT2D eigenvalue weighted by Gasteiger charge is 2.25. The summed E-state index contributed by atoms with van der Waals surface area (Å²) in [6.45, 7) is 7.83. The second-order valence-corrected chi connectivity index (χ2v) is 7.83. The van der Waals surface area contributed by atoms with Crippen LogP contribution in [0.25, 0.3) is 0 Å². The van der Waals surface area contributed by atoms with Crippen molar-refractivity contribution in [2.45, 2.75) is 46.3 Å². The van der Waals surface area contributed by atoms with E-state index in [9.17, 15) is 13.2 Å². The van der Waals surface area contributed by atoms with E-state index >= 15 is 0 Å². The fraction of sp³-hybridized carbons (Fsp3) is 0.500. The number of anilines is 1. The average Bonchev–Trinajstić information content (AvgIpc) is 3.15. The highest BCUT2D eigenvalue weighted by atomic mass is 35.5. The fourth-order valence-corrected chi connectivity index (χ4v) is 3.67. The lowest BCUT2D eigenvalue weighted by molar-refractivity contribution is -0.106. The van der Waals surface area contributed by atoms with Crippen LogP contribution < -0.4 is 5.32 Å². The standard InChI is InChI=1S/C20H25ClF3N5.C2H4O/c1-3-7-28(2)8-9-29-11-15-16(12-29)26-20(21)27-19(15)25-10-13-5-4-6-14(17(13)22)18(23)24;1-2-3/h4-6,18H,3,7-12H2,1-2H3,(H,25,26,27);2H,1H3. The second-order valence-electron chi connectivity index (χ2n) is 7.49. The number of nitrogens with one attached hydrogen (secondary N) is 1. The molecule has 176 valence electrons. The van der Waals surface area contributed by atoms with Gasteiger partial charge in [-0.25, -0.2) is 23.1 Å². The van der Waals surface area contributed by atoms with Crippen molar-refractivity contribution in [2.24, 2.45) is 0 Å². The van der Waals surface area contributed by atoms with Gasteiger partial charge >= 0.3 is 0 Å². The Labute approximate surface area is 191 Å². The molecule has 2 heterocycles. The molecule has 0 bridgehead atoms. The van der Waals surface area contributed by atoms with Gasteiger partial charge in [0.1, 0.15) is 17.9 Å². The molecular formula is C22H29ClF3N5O. The third-order valence-electron chi connectivity index (χ3n) is 5.01. The SMILES string of the molecule is CC=O.CCCN(C)CCN1Cc2nc(Cl)nc(NCc3cccc(C(F)F)c3F)c2C1. The van der Waals surface area contributed by atoms with E-state index in [0.717, 1.165) is 49.7 Å². The van der Waals surface area contributed by atoms with E-state index in [1.807, 2.05) is 0 Å². The van der Waals surface area contributed by atoms with Crippen molar-refractivity contribution in [1.29, 1.82) is 0 Å². The quantitative estimate of drug-likeness (QED) is 0.423. The maximum atomic E-state index is 14.3. The molecule has 2 aromatic rings. The molecule has 0 fully saturated rings. The topological polar surface area (TPSA) is 61.4 Å². The number of fused-ring (bicyclic) bond motifs is 1. The number of nitrogens with zero attached hydrogens (tertiary/aromatic N) is 4. The summed E-state index contributed by atoms with van der Waals surface area (Å²) in [7, 11) is 2.10. The molecule has 0 radical (unpaired) electrons. The first-order valence-corrected chi connectivity index (χ1v) is 10.8. The zero-order valence-electron chi connectivity index (χ0n) is 18.5. The molecule has 1 aromatic heterocycles. The summed E-state index contributed by atoms with van der Waals surface area (Å²) >= 11 is 6.06. The predicted molar refractivity (Wildman–Crippen MR) is 119 cm³/mol. The maximum Gasteiger partial charge on any atom is 0.266 e. The summed E-state index contributed by atoms with van der Waals surface area (Å²) in [5.41, 5.74) is 1.31. The Kier molecular flexibility index (Phi) is 10.3. The second kappa shape index (κ2) is 12.7. The molecule has 6 nitrogen and oxygen atoms in total. The fourth-order valence-electron chi connectivity index (χ4n) is 3.48. The molecule has 32 heavy (non-hydrogen) atoms. The normalized spacial score (nSPS) is 13.2. The first kappa shape index (κ1) is 26.0. The summed E-state index contributed by atoms with van der Waals surface area (Å²) in [6, 6.07) is 4.00. The Morgan fingerprint density at radius 2 is 2.00 bits per heavy atom. The number of aromatic nitrogens is 2. The molecule has 1 aliphatic rings. The van der Waals surface area contributed by atoms with E-state index in [-0.39, 0.29) is 17.4 Å². The number of hydrogen-bond acceptors (Lipinski definition) is 6. The van der Waals surface area contributed by atoms with Gasteiger partial charge in [-0.05, 0) is 38.5 Å². The van der Waals surface area contributed by atoms with Gasteiger partial charge in [-0.2, -0.15) is 0 Å². The number of halogens is 4. The van der Waals surface area contributed by atoms with Crippen LogP contribution in [0, 0.1) is 5.82 Å². The van der Waals surface area contributed by atoms with Crippen molar-refractivity contribution in [1.82, 2.24) is 19.8 Å². The van der Waals surface area contributed by atoms with Crippen molar-refractivity contribution >= 4 is 23.7 Å². The molecule has 0 unspecified atom stereocenters. The summed E-state index contributed by atoms with van der Waals surface area (Å²) in [5.74, 6) is -0.376. The molecule has 0 saturated heterocycles. The van der Waals surface area contributed by atoms with E-state index in [0.29, 0.717) is 18.9 Å². The Morgan fingerprint density at radius 3 is 2.66 bits per heavy atom. The average molecular weight is 472 g/mol. The molecule has 0 atom stereocenters. The number of aldehydes is 1. The first-order chi connectivity index (χ1) is 15.3. The van der Waals surface area contributed by atoms with E-state index in [1.54, 1.807) is 0 Å². The minimum absolute atomic E-state index is 0.0331. The highest BCUT2D eigenvalue weighted by Crippen LogP contribution is 2.29. The third-order valence-corrected chi connectivity index (χ3v) is 5.18. The highest BCUT2D eigenvalue weighted by molar-refractivity contribution is 6.28. The zero-order chi connectivity index (χ0) is 23.7. The van der Waals surface area contributed by atoms with Gasteiger partial charge in [0.25, 0.3) is 6.43 Å². The number of hydrogen-bond donors (Lipinski definition) is 1. The lowest BCUT2D eigenvalue weighted by Gasteiger charge is -2.20. The van der Waals surface area contributed by atoms with Gasteiger partial charge in [-0.15, -0.1) is 0 Å². The van der Waals surface area contributed by atoms with E-state index in [2.05, 4.69) is 39.1 Å². The maximum absolute atomic E-state index is 14.3. The van der Waals surface area contributed by atoms with Crippen LogP contribution in [-0.2, 0) is 24.4 Å². The number of likely N-dealkylation sites (N-methyl/N-ethyl adjacent to an activating group) is 1. The minimum Gasteiger partial charge on any atom is -0.365 e. The molecular weight excluding hydrogens is 443 g/mol. The predicted octanol–water partition coefficient (Wildman–Crippen LogP) is 4.68. The Balaban J connectivity index is 0.00000114. The molecule has 1 aromatic carbocycles. The summed E-state index contributed by atoms with van der Waals surface area (Å²) in [4.78, 5) is 21.9. The van der Waals surface area contributed by atoms with Crippen molar-refractivity contribution in [3.8, 4) is 0 Å². The van der Waals surface area contributed by atoms with Crippen LogP contribution in [0.4, 0.5) is 19.0 Å². The van der Waals surface area contributed by atoms with Crippen LogP contribution in [-0.4, -0.2) is 52.7 Å². The van der Waals surface area contributed by atoms with Crippen LogP contribution in [0.1, 0.15) is 49.1 Å². The molecule has 0 spiro atoms. The molecule has 10 heteroatoms. The number of carbonyl (C=O) groups excluding carboxylic acids is 1. The molecule has 0 saturated carbocycles.